The molecular weight excluding hydrogens is 398 g/mol. The fourth-order valence-corrected chi connectivity index (χ4v) is 3.39. The Morgan fingerprint density at radius 3 is 2.46 bits per heavy atom. The van der Waals surface area contributed by atoms with E-state index in [0.717, 1.165) is 11.3 Å². The summed E-state index contributed by atoms with van der Waals surface area (Å²) in [5.74, 6) is -1.55. The molecule has 1 aromatic rings. The van der Waals surface area contributed by atoms with E-state index in [4.69, 9.17) is 0 Å². The van der Waals surface area contributed by atoms with E-state index in [0.29, 0.717) is 25.5 Å². The highest BCUT2D eigenvalue weighted by Crippen LogP contribution is 2.37. The van der Waals surface area contributed by atoms with E-state index >= 15 is 0 Å². The second-order valence-corrected chi connectivity index (χ2v) is 6.78. The molecule has 0 spiro atoms. The van der Waals surface area contributed by atoms with Gasteiger partial charge < -0.3 is 20.4 Å². The summed E-state index contributed by atoms with van der Waals surface area (Å²) in [6.45, 7) is 0. The fraction of sp³-hybridized carbons (Fsp3) is 0. The Morgan fingerprint density at radius 1 is 1.00 bits per heavy atom. The molecule has 0 saturated carbocycles. The van der Waals surface area contributed by atoms with Crippen molar-refractivity contribution in [2.45, 2.75) is 0 Å². The van der Waals surface area contributed by atoms with E-state index < -0.39 is 16.9 Å². The first-order valence-corrected chi connectivity index (χ1v) is 8.22. The normalized spacial score (nSPS) is 11.4. The third kappa shape index (κ3) is 2.93. The fourth-order valence-electron chi connectivity index (χ4n) is 2.05. The lowest BCUT2D eigenvalue weighted by atomic mass is 10.1. The lowest BCUT2D eigenvalue weighted by Crippen LogP contribution is -2.01. The third-order valence-electron chi connectivity index (χ3n) is 3.24. The molecule has 6 nitrogen and oxygen atoms in total. The van der Waals surface area contributed by atoms with Crippen molar-refractivity contribution in [2.24, 2.45) is 0 Å². The minimum Gasteiger partial charge on any atom is -0.504 e. The Bertz CT molecular complexity index is 975. The van der Waals surface area contributed by atoms with Crippen LogP contribution in [0.3, 0.4) is 0 Å². The first-order chi connectivity index (χ1) is 11.4. The molecular formula is C16H10BrNO5S. The van der Waals surface area contributed by atoms with Crippen LogP contribution in [0.2, 0.25) is 0 Å². The lowest BCUT2D eigenvalue weighted by molar-refractivity contribution is 0.401. The number of hydrogen-bond donors (Lipinski definition) is 4. The Hall–Kier alpha value is -2.58. The number of phenolic OH excluding ortho intramolecular Hbond substituents is 4. The molecule has 0 aromatic heterocycles. The number of aromatic hydroxyl groups is 4. The van der Waals surface area contributed by atoms with Crippen molar-refractivity contribution < 1.29 is 20.4 Å². The quantitative estimate of drug-likeness (QED) is 0.484. The average Bonchev–Trinajstić information content (AvgIpc) is 2.56. The van der Waals surface area contributed by atoms with Crippen LogP contribution in [0.4, 0.5) is 0 Å². The Morgan fingerprint density at radius 2 is 1.75 bits per heavy atom. The molecule has 1 aliphatic heterocycles. The predicted octanol–water partition coefficient (Wildman–Crippen LogP) is 3.36. The number of fused-ring (bicyclic) bond motifs is 1. The number of phenols is 4. The number of hydrogen-bond acceptors (Lipinski definition) is 7. The van der Waals surface area contributed by atoms with E-state index in [1.165, 1.54) is 18.3 Å². The van der Waals surface area contributed by atoms with Crippen LogP contribution in [0.25, 0.3) is 22.6 Å². The van der Waals surface area contributed by atoms with Crippen LogP contribution in [0.15, 0.2) is 33.7 Å². The Labute approximate surface area is 148 Å². The van der Waals surface area contributed by atoms with Gasteiger partial charge in [0.1, 0.15) is 5.01 Å². The third-order valence-corrected chi connectivity index (χ3v) is 4.93. The molecule has 2 aliphatic rings. The molecule has 0 radical (unpaired) electrons. The maximum absolute atomic E-state index is 11.6. The van der Waals surface area contributed by atoms with Gasteiger partial charge in [0.2, 0.25) is 0 Å². The van der Waals surface area contributed by atoms with Crippen molar-refractivity contribution in [3.8, 4) is 33.4 Å². The van der Waals surface area contributed by atoms with Crippen LogP contribution >= 0.6 is 27.3 Å². The summed E-state index contributed by atoms with van der Waals surface area (Å²) in [5.41, 5.74) is 0.245. The topological polar surface area (TPSA) is 111 Å². The molecule has 0 saturated heterocycles. The van der Waals surface area contributed by atoms with Gasteiger partial charge in [-0.3, -0.25) is 4.79 Å². The minimum absolute atomic E-state index is 0.244. The maximum atomic E-state index is 11.6. The molecule has 0 amide bonds. The van der Waals surface area contributed by atoms with Crippen LogP contribution in [0.5, 0.6) is 23.0 Å². The summed E-state index contributed by atoms with van der Waals surface area (Å²) in [6.07, 6.45) is 4.73. The second kappa shape index (κ2) is 6.14. The van der Waals surface area contributed by atoms with Gasteiger partial charge in [0.15, 0.2) is 23.0 Å². The first kappa shape index (κ1) is 16.3. The van der Waals surface area contributed by atoms with Crippen molar-refractivity contribution >= 4 is 39.4 Å². The van der Waals surface area contributed by atoms with Gasteiger partial charge in [0, 0.05) is 11.8 Å². The van der Waals surface area contributed by atoms with Crippen LogP contribution in [0.1, 0.15) is 10.6 Å². The van der Waals surface area contributed by atoms with Crippen LogP contribution < -0.4 is 5.43 Å². The van der Waals surface area contributed by atoms with Crippen molar-refractivity contribution in [3.63, 3.8) is 0 Å². The Balaban J connectivity index is 2.02. The maximum Gasteiger partial charge on any atom is 0.263 e. The molecule has 8 heteroatoms. The number of nitrogens with zero attached hydrogens (tertiary/aromatic N) is 1. The molecule has 1 aliphatic carbocycles. The molecule has 1 aromatic carbocycles. The largest absolute Gasteiger partial charge is 0.504 e. The number of halogens is 1. The highest BCUT2D eigenvalue weighted by Gasteiger charge is 2.16. The van der Waals surface area contributed by atoms with Gasteiger partial charge in [-0.15, -0.1) is 11.3 Å². The van der Waals surface area contributed by atoms with E-state index in [9.17, 15) is 25.2 Å². The summed E-state index contributed by atoms with van der Waals surface area (Å²) in [4.78, 5) is 16.1. The average molecular weight is 408 g/mol. The van der Waals surface area contributed by atoms with Crippen molar-refractivity contribution in [1.82, 2.24) is 4.98 Å². The van der Waals surface area contributed by atoms with E-state index in [1.54, 1.807) is 18.2 Å². The summed E-state index contributed by atoms with van der Waals surface area (Å²) < 4.78 is 0.349. The molecule has 0 atom stereocenters. The minimum atomic E-state index is -0.827. The molecule has 1 heterocycles. The SMILES string of the molecule is O=c1c(O)cc2cnc(C=Cc3cc(O)c(O)c(Br)c3)sc-2c1O. The molecule has 4 N–H and O–H groups in total. The zero-order valence-electron chi connectivity index (χ0n) is 11.9. The Kier molecular flexibility index (Phi) is 4.16. The molecule has 0 fully saturated rings. The summed E-state index contributed by atoms with van der Waals surface area (Å²) in [6, 6.07) is 4.25. The zero-order chi connectivity index (χ0) is 17.4. The molecule has 24 heavy (non-hydrogen) atoms. The zero-order valence-corrected chi connectivity index (χ0v) is 14.3. The molecule has 0 bridgehead atoms. The predicted molar refractivity (Wildman–Crippen MR) is 94.7 cm³/mol. The monoisotopic (exact) mass is 407 g/mol. The van der Waals surface area contributed by atoms with Crippen molar-refractivity contribution in [2.75, 3.05) is 0 Å². The van der Waals surface area contributed by atoms with Gasteiger partial charge in [-0.1, -0.05) is 6.08 Å². The standard InChI is InChI=1S/C16H10BrNO5S/c17-9-3-7(4-10(19)13(9)21)1-2-12-18-6-8-5-11(20)14(22)15(23)16(8)24-12/h1-6,19-21,23H. The summed E-state index contributed by atoms with van der Waals surface area (Å²) in [5, 5.41) is 38.9. The van der Waals surface area contributed by atoms with Gasteiger partial charge in [-0.2, -0.15) is 0 Å². The lowest BCUT2D eigenvalue weighted by Gasteiger charge is -2.07. The summed E-state index contributed by atoms with van der Waals surface area (Å²) >= 11 is 4.22. The van der Waals surface area contributed by atoms with Crippen LogP contribution in [0, 0.1) is 0 Å². The van der Waals surface area contributed by atoms with Crippen molar-refractivity contribution in [3.05, 3.63) is 49.7 Å². The highest BCUT2D eigenvalue weighted by molar-refractivity contribution is 9.10. The number of rotatable bonds is 2. The molecule has 122 valence electrons. The van der Waals surface area contributed by atoms with Gasteiger partial charge >= 0.3 is 0 Å². The van der Waals surface area contributed by atoms with E-state index in [-0.39, 0.29) is 11.5 Å². The van der Waals surface area contributed by atoms with Crippen LogP contribution in [-0.4, -0.2) is 25.4 Å². The highest BCUT2D eigenvalue weighted by atomic mass is 79.9. The smallest absolute Gasteiger partial charge is 0.263 e. The number of aromatic nitrogens is 1. The first-order valence-electron chi connectivity index (χ1n) is 6.61. The summed E-state index contributed by atoms with van der Waals surface area (Å²) in [7, 11) is 0. The van der Waals surface area contributed by atoms with Crippen LogP contribution in [-0.2, 0) is 0 Å². The van der Waals surface area contributed by atoms with Gasteiger partial charge in [-0.05, 0) is 45.8 Å². The van der Waals surface area contributed by atoms with Gasteiger partial charge in [0.25, 0.3) is 5.43 Å². The molecule has 3 rings (SSSR count). The van der Waals surface area contributed by atoms with Crippen molar-refractivity contribution in [1.29, 1.82) is 0 Å². The van der Waals surface area contributed by atoms with E-state index in [1.807, 2.05) is 0 Å². The van der Waals surface area contributed by atoms with Gasteiger partial charge in [-0.25, -0.2) is 4.98 Å². The van der Waals surface area contributed by atoms with E-state index in [2.05, 4.69) is 20.9 Å². The number of benzene rings is 2. The van der Waals surface area contributed by atoms with Gasteiger partial charge in [0.05, 0.1) is 9.35 Å². The second-order valence-electron chi connectivity index (χ2n) is 4.89. The molecule has 0 unspecified atom stereocenters.